The van der Waals surface area contributed by atoms with E-state index in [1.165, 1.54) is 18.7 Å². The lowest BCUT2D eigenvalue weighted by atomic mass is 10.2. The van der Waals surface area contributed by atoms with Crippen LogP contribution in [0.25, 0.3) is 0 Å². The van der Waals surface area contributed by atoms with Crippen molar-refractivity contribution in [2.45, 2.75) is 17.3 Å². The van der Waals surface area contributed by atoms with Gasteiger partial charge in [0.15, 0.2) is 16.0 Å². The molecule has 0 bridgehead atoms. The predicted octanol–water partition coefficient (Wildman–Crippen LogP) is 2.89. The summed E-state index contributed by atoms with van der Waals surface area (Å²) in [6, 6.07) is 1.35. The fourth-order valence-corrected chi connectivity index (χ4v) is 4.77. The first-order chi connectivity index (χ1) is 12.6. The first-order valence-electron chi connectivity index (χ1n) is 7.46. The van der Waals surface area contributed by atoms with Crippen LogP contribution in [0, 0.1) is 11.6 Å². The summed E-state index contributed by atoms with van der Waals surface area (Å²) < 4.78 is 52.3. The van der Waals surface area contributed by atoms with Crippen molar-refractivity contribution in [2.24, 2.45) is 0 Å². The van der Waals surface area contributed by atoms with E-state index in [2.05, 4.69) is 22.1 Å². The number of aromatic nitrogens is 2. The Bertz CT molecular complexity index is 950. The second kappa shape index (κ2) is 8.76. The summed E-state index contributed by atoms with van der Waals surface area (Å²) in [6.45, 7) is 4.92. The average Bonchev–Trinajstić information content (AvgIpc) is 3.02. The molecule has 1 heterocycles. The fourth-order valence-electron chi connectivity index (χ4n) is 2.09. The van der Waals surface area contributed by atoms with Crippen LogP contribution >= 0.6 is 23.1 Å². The minimum atomic E-state index is -3.96. The molecule has 0 aliphatic carbocycles. The number of carbonyl (C=O) groups excluding carboxylic acids is 1. The number of amides is 1. The Morgan fingerprint density at radius 3 is 2.70 bits per heavy atom. The Hall–Kier alpha value is -2.05. The molecule has 0 saturated heterocycles. The summed E-state index contributed by atoms with van der Waals surface area (Å²) in [5.74, 6) is -2.41. The van der Waals surface area contributed by atoms with Gasteiger partial charge in [0.25, 0.3) is 0 Å². The van der Waals surface area contributed by atoms with Crippen LogP contribution in [0.2, 0.25) is 0 Å². The maximum Gasteiger partial charge on any atom is 0.249 e. The average molecular weight is 435 g/mol. The fraction of sp³-hybridized carbons (Fsp3) is 0.267. The summed E-state index contributed by atoms with van der Waals surface area (Å²) in [6.07, 6.45) is 2.56. The van der Waals surface area contributed by atoms with Crippen molar-refractivity contribution in [3.05, 3.63) is 42.5 Å². The van der Waals surface area contributed by atoms with E-state index in [1.807, 2.05) is 0 Å². The van der Waals surface area contributed by atoms with Crippen molar-refractivity contribution in [2.75, 3.05) is 21.6 Å². The van der Waals surface area contributed by atoms with Crippen LogP contribution in [-0.4, -0.2) is 42.6 Å². The van der Waals surface area contributed by atoms with E-state index in [-0.39, 0.29) is 10.8 Å². The molecule has 1 atom stereocenters. The van der Waals surface area contributed by atoms with Gasteiger partial charge in [-0.15, -0.1) is 16.8 Å². The number of thioether (sulfide) groups is 1. The van der Waals surface area contributed by atoms with E-state index < -0.39 is 33.6 Å². The van der Waals surface area contributed by atoms with Crippen LogP contribution in [0.4, 0.5) is 19.6 Å². The number of halogens is 2. The third-order valence-corrected chi connectivity index (χ3v) is 6.42. The number of hydrogen-bond acceptors (Lipinski definition) is 7. The van der Waals surface area contributed by atoms with E-state index in [9.17, 15) is 22.0 Å². The van der Waals surface area contributed by atoms with Crippen LogP contribution < -0.4 is 9.62 Å². The standard InChI is InChI=1S/C15H16F2N4O3S3/c1-4-7-25-15-20-19-14(26-15)18-13(22)9(2)21(27(3,23)24)10-5-6-11(16)12(17)8-10/h4-6,8-9H,1,7H2,2-3H3,(H,18,19,22). The third-order valence-electron chi connectivity index (χ3n) is 3.21. The quantitative estimate of drug-likeness (QED) is 0.390. The molecule has 0 radical (unpaired) electrons. The molecule has 1 aromatic heterocycles. The molecule has 0 spiro atoms. The van der Waals surface area contributed by atoms with Crippen molar-refractivity contribution in [3.63, 3.8) is 0 Å². The maximum atomic E-state index is 13.5. The number of rotatable bonds is 8. The highest BCUT2D eigenvalue weighted by atomic mass is 32.2. The normalized spacial score (nSPS) is 12.4. The van der Waals surface area contributed by atoms with Gasteiger partial charge in [0.05, 0.1) is 11.9 Å². The van der Waals surface area contributed by atoms with E-state index in [1.54, 1.807) is 6.08 Å². The summed E-state index contributed by atoms with van der Waals surface area (Å²) in [7, 11) is -3.96. The van der Waals surface area contributed by atoms with Crippen LogP contribution in [0.3, 0.4) is 0 Å². The molecule has 1 amide bonds. The van der Waals surface area contributed by atoms with Crippen molar-refractivity contribution in [3.8, 4) is 0 Å². The summed E-state index contributed by atoms with van der Waals surface area (Å²) >= 11 is 2.50. The minimum absolute atomic E-state index is 0.168. The lowest BCUT2D eigenvalue weighted by Crippen LogP contribution is -2.45. The van der Waals surface area contributed by atoms with Gasteiger partial charge in [-0.25, -0.2) is 17.2 Å². The Morgan fingerprint density at radius 2 is 2.11 bits per heavy atom. The topological polar surface area (TPSA) is 92.3 Å². The largest absolute Gasteiger partial charge is 0.299 e. The van der Waals surface area contributed by atoms with Gasteiger partial charge in [-0.05, 0) is 19.1 Å². The van der Waals surface area contributed by atoms with Gasteiger partial charge in [-0.2, -0.15) is 0 Å². The molecule has 1 unspecified atom stereocenters. The van der Waals surface area contributed by atoms with Crippen molar-refractivity contribution in [1.29, 1.82) is 0 Å². The lowest BCUT2D eigenvalue weighted by Gasteiger charge is -2.27. The highest BCUT2D eigenvalue weighted by molar-refractivity contribution is 8.01. The summed E-state index contributed by atoms with van der Waals surface area (Å²) in [5, 5.41) is 10.4. The number of anilines is 2. The molecule has 0 saturated carbocycles. The number of nitrogens with one attached hydrogen (secondary N) is 1. The molecule has 1 N–H and O–H groups in total. The van der Waals surface area contributed by atoms with Crippen molar-refractivity contribution < 1.29 is 22.0 Å². The van der Waals surface area contributed by atoms with Gasteiger partial charge in [0.2, 0.25) is 21.1 Å². The Balaban J connectivity index is 2.23. The van der Waals surface area contributed by atoms with Gasteiger partial charge in [0.1, 0.15) is 6.04 Å². The highest BCUT2D eigenvalue weighted by Crippen LogP contribution is 2.27. The molecule has 0 aliphatic heterocycles. The van der Waals surface area contributed by atoms with Crippen LogP contribution in [0.15, 0.2) is 35.2 Å². The highest BCUT2D eigenvalue weighted by Gasteiger charge is 2.30. The van der Waals surface area contributed by atoms with Gasteiger partial charge >= 0.3 is 0 Å². The van der Waals surface area contributed by atoms with Crippen LogP contribution in [0.1, 0.15) is 6.92 Å². The Morgan fingerprint density at radius 1 is 1.41 bits per heavy atom. The predicted molar refractivity (Wildman–Crippen MR) is 103 cm³/mol. The number of hydrogen-bond donors (Lipinski definition) is 1. The second-order valence-electron chi connectivity index (χ2n) is 5.30. The van der Waals surface area contributed by atoms with Gasteiger partial charge in [0, 0.05) is 11.8 Å². The lowest BCUT2D eigenvalue weighted by molar-refractivity contribution is -0.116. The first-order valence-corrected chi connectivity index (χ1v) is 11.1. The van der Waals surface area contributed by atoms with Crippen LogP contribution in [0.5, 0.6) is 0 Å². The number of benzene rings is 1. The number of sulfonamides is 1. The van der Waals surface area contributed by atoms with Crippen molar-refractivity contribution >= 4 is 49.8 Å². The van der Waals surface area contributed by atoms with E-state index in [0.29, 0.717) is 14.4 Å². The van der Waals surface area contributed by atoms with E-state index in [4.69, 9.17) is 0 Å². The Kier molecular flexibility index (Phi) is 6.89. The third kappa shape index (κ3) is 5.47. The Labute approximate surface area is 163 Å². The molecule has 1 aromatic carbocycles. The second-order valence-corrected chi connectivity index (χ2v) is 9.40. The van der Waals surface area contributed by atoms with Crippen LogP contribution in [-0.2, 0) is 14.8 Å². The molecule has 0 fully saturated rings. The summed E-state index contributed by atoms with van der Waals surface area (Å²) in [5.41, 5.74) is -0.168. The van der Waals surface area contributed by atoms with Gasteiger partial charge in [-0.3, -0.25) is 14.4 Å². The molecule has 27 heavy (non-hydrogen) atoms. The number of nitrogens with zero attached hydrogens (tertiary/aromatic N) is 3. The van der Waals surface area contributed by atoms with Gasteiger partial charge < -0.3 is 0 Å². The molecule has 0 aliphatic rings. The first kappa shape index (κ1) is 21.3. The zero-order chi connectivity index (χ0) is 20.2. The zero-order valence-electron chi connectivity index (χ0n) is 14.3. The molecule has 2 aromatic rings. The molecule has 12 heteroatoms. The molecule has 146 valence electrons. The number of carbonyl (C=O) groups is 1. The minimum Gasteiger partial charge on any atom is -0.299 e. The van der Waals surface area contributed by atoms with Gasteiger partial charge in [-0.1, -0.05) is 29.2 Å². The molecular formula is C15H16F2N4O3S3. The van der Waals surface area contributed by atoms with Crippen molar-refractivity contribution in [1.82, 2.24) is 10.2 Å². The maximum absolute atomic E-state index is 13.5. The molecule has 2 rings (SSSR count). The molecular weight excluding hydrogens is 418 g/mol. The SMILES string of the molecule is C=CCSc1nnc(NC(=O)C(C)N(c2ccc(F)c(F)c2)S(C)(=O)=O)s1. The van der Waals surface area contributed by atoms with E-state index in [0.717, 1.165) is 35.8 Å². The smallest absolute Gasteiger partial charge is 0.249 e. The zero-order valence-corrected chi connectivity index (χ0v) is 16.8. The monoisotopic (exact) mass is 434 g/mol. The van der Waals surface area contributed by atoms with E-state index >= 15 is 0 Å². The molecule has 7 nitrogen and oxygen atoms in total. The summed E-state index contributed by atoms with van der Waals surface area (Å²) in [4.78, 5) is 12.5.